The number of unbranched alkanes of at least 4 members (excludes halogenated alkanes) is 1. The smallest absolute Gasteiger partial charge is 0.229 e. The van der Waals surface area contributed by atoms with Crippen LogP contribution in [0.1, 0.15) is 37.7 Å². The first kappa shape index (κ1) is 22.2. The summed E-state index contributed by atoms with van der Waals surface area (Å²) in [5.41, 5.74) is 2.25. The van der Waals surface area contributed by atoms with E-state index >= 15 is 0 Å². The quantitative estimate of drug-likeness (QED) is 0.493. The van der Waals surface area contributed by atoms with Crippen molar-refractivity contribution in [2.24, 2.45) is 4.99 Å². The van der Waals surface area contributed by atoms with Crippen LogP contribution in [0.3, 0.4) is 0 Å². The number of carbonyl (C=O) groups is 2. The Kier molecular flexibility index (Phi) is 6.78. The van der Waals surface area contributed by atoms with Crippen LogP contribution in [0.4, 0.5) is 5.69 Å². The molecule has 0 aliphatic carbocycles. The van der Waals surface area contributed by atoms with E-state index in [4.69, 9.17) is 4.99 Å². The van der Waals surface area contributed by atoms with Crippen molar-refractivity contribution >= 4 is 35.1 Å². The maximum absolute atomic E-state index is 12.0. The Morgan fingerprint density at radius 1 is 0.788 bits per heavy atom. The largest absolute Gasteiger partial charge is 0.354 e. The van der Waals surface area contributed by atoms with Gasteiger partial charge >= 0.3 is 0 Å². The van der Waals surface area contributed by atoms with Crippen LogP contribution in [0.15, 0.2) is 63.3 Å². The van der Waals surface area contributed by atoms with Crippen LogP contribution in [-0.4, -0.2) is 71.6 Å². The lowest BCUT2D eigenvalue weighted by molar-refractivity contribution is -0.148. The van der Waals surface area contributed by atoms with Gasteiger partial charge in [-0.15, -0.1) is 0 Å². The molecule has 33 heavy (non-hydrogen) atoms. The summed E-state index contributed by atoms with van der Waals surface area (Å²) >= 11 is 1.79. The summed E-state index contributed by atoms with van der Waals surface area (Å²) in [6.45, 7) is 5.47. The third-order valence-electron chi connectivity index (χ3n) is 6.60. The number of likely N-dealkylation sites (tertiary alicyclic amines) is 1. The minimum Gasteiger partial charge on any atom is -0.354 e. The minimum atomic E-state index is 0.00376. The first-order chi connectivity index (χ1) is 16.2. The Balaban J connectivity index is 1.18. The van der Waals surface area contributed by atoms with Crippen LogP contribution in [0, 0.1) is 0 Å². The zero-order valence-corrected chi connectivity index (χ0v) is 19.7. The fourth-order valence-corrected chi connectivity index (χ4v) is 5.77. The number of para-hydroxylation sites is 1. The van der Waals surface area contributed by atoms with Crippen molar-refractivity contribution in [3.05, 3.63) is 54.1 Å². The molecular weight excluding hydrogens is 432 g/mol. The van der Waals surface area contributed by atoms with E-state index in [2.05, 4.69) is 58.3 Å². The average molecular weight is 463 g/mol. The van der Waals surface area contributed by atoms with Crippen LogP contribution in [0.25, 0.3) is 0 Å². The SMILES string of the molecule is O=C1CCCC(=O)N1CCCCN1CCN(C2=Nc3ccccc3Sc3ccccc32)CC1. The molecule has 7 heteroatoms. The molecule has 2 saturated heterocycles. The number of piperidine rings is 1. The lowest BCUT2D eigenvalue weighted by Gasteiger charge is -2.36. The minimum absolute atomic E-state index is 0.00376. The highest BCUT2D eigenvalue weighted by molar-refractivity contribution is 7.99. The lowest BCUT2D eigenvalue weighted by Crippen LogP contribution is -2.49. The molecule has 172 valence electrons. The first-order valence-electron chi connectivity index (χ1n) is 11.9. The van der Waals surface area contributed by atoms with Gasteiger partial charge in [0.2, 0.25) is 11.8 Å². The summed E-state index contributed by atoms with van der Waals surface area (Å²) in [4.78, 5) is 37.8. The summed E-state index contributed by atoms with van der Waals surface area (Å²) in [6.07, 6.45) is 3.63. The Morgan fingerprint density at radius 3 is 2.24 bits per heavy atom. The number of nitrogens with zero attached hydrogens (tertiary/aromatic N) is 4. The molecule has 6 nitrogen and oxygen atoms in total. The van der Waals surface area contributed by atoms with Crippen molar-refractivity contribution in [2.75, 3.05) is 39.3 Å². The van der Waals surface area contributed by atoms with Gasteiger partial charge in [0.05, 0.1) is 5.69 Å². The second kappa shape index (κ2) is 10.1. The van der Waals surface area contributed by atoms with Gasteiger partial charge in [0.25, 0.3) is 0 Å². The maximum Gasteiger partial charge on any atom is 0.229 e. The molecule has 3 aliphatic heterocycles. The molecule has 2 amide bonds. The van der Waals surface area contributed by atoms with Crippen LogP contribution >= 0.6 is 11.8 Å². The normalized spacial score (nSPS) is 19.1. The van der Waals surface area contributed by atoms with Gasteiger partial charge in [-0.05, 0) is 44.0 Å². The van der Waals surface area contributed by atoms with Crippen molar-refractivity contribution in [3.63, 3.8) is 0 Å². The summed E-state index contributed by atoms with van der Waals surface area (Å²) in [5, 5.41) is 0. The number of amides is 2. The van der Waals surface area contributed by atoms with Gasteiger partial charge in [-0.1, -0.05) is 42.1 Å². The molecule has 0 radical (unpaired) electrons. The predicted octanol–water partition coefficient (Wildman–Crippen LogP) is 4.17. The van der Waals surface area contributed by atoms with E-state index < -0.39 is 0 Å². The second-order valence-electron chi connectivity index (χ2n) is 8.83. The van der Waals surface area contributed by atoms with Crippen molar-refractivity contribution in [1.29, 1.82) is 0 Å². The van der Waals surface area contributed by atoms with E-state index in [9.17, 15) is 9.59 Å². The van der Waals surface area contributed by atoms with Gasteiger partial charge in [-0.3, -0.25) is 19.4 Å². The van der Waals surface area contributed by atoms with Gasteiger partial charge in [-0.25, -0.2) is 4.99 Å². The summed E-state index contributed by atoms with van der Waals surface area (Å²) in [5.74, 6) is 1.08. The second-order valence-corrected chi connectivity index (χ2v) is 9.91. The van der Waals surface area contributed by atoms with Crippen LogP contribution < -0.4 is 0 Å². The standard InChI is InChI=1S/C26H30N4O2S/c31-24-12-7-13-25(32)30(24)15-6-5-14-28-16-18-29(19-17-28)26-20-8-1-3-10-22(20)33-23-11-4-2-9-21(23)27-26/h1-4,8-11H,5-7,12-19H2. The number of imide groups is 1. The molecule has 3 aliphatic rings. The number of piperazine rings is 1. The summed E-state index contributed by atoms with van der Waals surface area (Å²) in [7, 11) is 0. The highest BCUT2D eigenvalue weighted by Crippen LogP contribution is 2.40. The molecular formula is C26H30N4O2S. The Labute approximate surface area is 199 Å². The van der Waals surface area contributed by atoms with E-state index in [-0.39, 0.29) is 11.8 Å². The molecule has 0 saturated carbocycles. The molecule has 2 fully saturated rings. The summed E-state index contributed by atoms with van der Waals surface area (Å²) in [6, 6.07) is 16.9. The Hall–Kier alpha value is -2.64. The number of rotatable bonds is 5. The van der Waals surface area contributed by atoms with E-state index in [0.717, 1.165) is 57.1 Å². The van der Waals surface area contributed by atoms with Crippen molar-refractivity contribution in [1.82, 2.24) is 14.7 Å². The maximum atomic E-state index is 12.0. The van der Waals surface area contributed by atoms with Crippen LogP contribution in [-0.2, 0) is 9.59 Å². The topological polar surface area (TPSA) is 56.2 Å². The van der Waals surface area contributed by atoms with Crippen molar-refractivity contribution < 1.29 is 9.59 Å². The zero-order chi connectivity index (χ0) is 22.6. The Bertz CT molecular complexity index is 1050. The molecule has 0 aromatic heterocycles. The van der Waals surface area contributed by atoms with Gasteiger partial charge in [0.15, 0.2) is 0 Å². The van der Waals surface area contributed by atoms with E-state index in [0.29, 0.717) is 25.8 Å². The van der Waals surface area contributed by atoms with Crippen LogP contribution in [0.2, 0.25) is 0 Å². The molecule has 0 spiro atoms. The monoisotopic (exact) mass is 462 g/mol. The van der Waals surface area contributed by atoms with Gasteiger partial charge < -0.3 is 4.90 Å². The van der Waals surface area contributed by atoms with E-state index in [1.165, 1.54) is 20.3 Å². The fraction of sp³-hybridized carbons (Fsp3) is 0.423. The van der Waals surface area contributed by atoms with E-state index in [1.807, 2.05) is 0 Å². The lowest BCUT2D eigenvalue weighted by atomic mass is 10.1. The van der Waals surface area contributed by atoms with E-state index in [1.54, 1.807) is 11.8 Å². The number of carbonyl (C=O) groups excluding carboxylic acids is 2. The number of amidine groups is 1. The highest BCUT2D eigenvalue weighted by Gasteiger charge is 2.26. The third kappa shape index (κ3) is 4.99. The number of hydrogen-bond donors (Lipinski definition) is 0. The molecule has 0 bridgehead atoms. The molecule has 0 atom stereocenters. The number of benzene rings is 2. The van der Waals surface area contributed by atoms with Crippen LogP contribution in [0.5, 0.6) is 0 Å². The van der Waals surface area contributed by atoms with Gasteiger partial charge in [0.1, 0.15) is 5.84 Å². The van der Waals surface area contributed by atoms with Crippen molar-refractivity contribution in [2.45, 2.75) is 41.9 Å². The number of hydrogen-bond acceptors (Lipinski definition) is 6. The van der Waals surface area contributed by atoms with Gasteiger partial charge in [-0.2, -0.15) is 0 Å². The fourth-order valence-electron chi connectivity index (χ4n) is 4.75. The molecule has 0 N–H and O–H groups in total. The van der Waals surface area contributed by atoms with Crippen molar-refractivity contribution in [3.8, 4) is 0 Å². The molecule has 2 aromatic carbocycles. The molecule has 5 rings (SSSR count). The number of fused-ring (bicyclic) bond motifs is 2. The molecule has 0 unspecified atom stereocenters. The average Bonchev–Trinajstić information content (AvgIpc) is 3.00. The predicted molar refractivity (Wildman–Crippen MR) is 131 cm³/mol. The highest BCUT2D eigenvalue weighted by atomic mass is 32.2. The molecule has 2 aromatic rings. The summed E-state index contributed by atoms with van der Waals surface area (Å²) < 4.78 is 0. The third-order valence-corrected chi connectivity index (χ3v) is 7.74. The molecule has 3 heterocycles. The Morgan fingerprint density at radius 2 is 1.45 bits per heavy atom. The van der Waals surface area contributed by atoms with Gasteiger partial charge in [0, 0.05) is 60.9 Å². The zero-order valence-electron chi connectivity index (χ0n) is 18.9. The number of aliphatic imine (C=N–C) groups is 1. The first-order valence-corrected chi connectivity index (χ1v) is 12.8.